The first-order valence-electron chi connectivity index (χ1n) is 3.29. The van der Waals surface area contributed by atoms with E-state index in [1.807, 2.05) is 0 Å². The Morgan fingerprint density at radius 1 is 1.80 bits per heavy atom. The van der Waals surface area contributed by atoms with Gasteiger partial charge in [-0.15, -0.1) is 11.6 Å². The Hall–Kier alpha value is -0.280. The van der Waals surface area contributed by atoms with E-state index in [1.165, 1.54) is 0 Å². The normalized spacial score (nSPS) is 24.7. The second-order valence-electron chi connectivity index (χ2n) is 2.24. The maximum atomic E-state index is 10.6. The van der Waals surface area contributed by atoms with Gasteiger partial charge < -0.3 is 10.1 Å². The summed E-state index contributed by atoms with van der Waals surface area (Å²) in [7, 11) is 0. The van der Waals surface area contributed by atoms with Crippen molar-refractivity contribution in [1.29, 1.82) is 0 Å². The maximum Gasteiger partial charge on any atom is 0.321 e. The summed E-state index contributed by atoms with van der Waals surface area (Å²) in [6.45, 7) is 1.70. The van der Waals surface area contributed by atoms with E-state index in [0.717, 1.165) is 19.5 Å². The van der Waals surface area contributed by atoms with Crippen molar-refractivity contribution in [1.82, 2.24) is 5.32 Å². The Balaban J connectivity index is 2.17. The van der Waals surface area contributed by atoms with Crippen molar-refractivity contribution in [2.75, 3.05) is 19.0 Å². The monoisotopic (exact) mass is 163 g/mol. The Kier molecular flexibility index (Phi) is 2.96. The largest absolute Gasteiger partial charge is 0.460 e. The van der Waals surface area contributed by atoms with Crippen LogP contribution in [0.4, 0.5) is 0 Å². The molecule has 0 aromatic rings. The number of hydrogen-bond acceptors (Lipinski definition) is 3. The second-order valence-corrected chi connectivity index (χ2v) is 2.51. The number of halogens is 1. The summed E-state index contributed by atoms with van der Waals surface area (Å²) in [5, 5.41) is 3.08. The molecule has 0 spiro atoms. The molecule has 0 unspecified atom stereocenters. The molecule has 3 nitrogen and oxygen atoms in total. The van der Waals surface area contributed by atoms with Gasteiger partial charge in [-0.3, -0.25) is 4.79 Å². The summed E-state index contributed by atoms with van der Waals surface area (Å²) in [5.41, 5.74) is 0. The fourth-order valence-electron chi connectivity index (χ4n) is 0.946. The molecule has 0 aromatic carbocycles. The minimum Gasteiger partial charge on any atom is -0.460 e. The summed E-state index contributed by atoms with van der Waals surface area (Å²) >= 11 is 5.24. The van der Waals surface area contributed by atoms with E-state index in [4.69, 9.17) is 16.3 Å². The van der Waals surface area contributed by atoms with Gasteiger partial charge in [-0.05, 0) is 13.0 Å². The Morgan fingerprint density at radius 2 is 2.60 bits per heavy atom. The Morgan fingerprint density at radius 3 is 3.10 bits per heavy atom. The first kappa shape index (κ1) is 7.82. The Bertz CT molecular complexity index is 123. The van der Waals surface area contributed by atoms with Crippen molar-refractivity contribution in [3.05, 3.63) is 0 Å². The minimum absolute atomic E-state index is 0.0451. The predicted octanol–water partition coefficient (Wildman–Crippen LogP) is 0.130. The quantitative estimate of drug-likeness (QED) is 0.465. The summed E-state index contributed by atoms with van der Waals surface area (Å²) < 4.78 is 4.93. The zero-order valence-corrected chi connectivity index (χ0v) is 6.36. The third kappa shape index (κ3) is 2.15. The molecular formula is C6H10ClNO2. The predicted molar refractivity (Wildman–Crippen MR) is 38.1 cm³/mol. The zero-order chi connectivity index (χ0) is 7.40. The van der Waals surface area contributed by atoms with Gasteiger partial charge in [0.05, 0.1) is 0 Å². The van der Waals surface area contributed by atoms with Gasteiger partial charge in [0.1, 0.15) is 12.0 Å². The van der Waals surface area contributed by atoms with Crippen molar-refractivity contribution in [3.8, 4) is 0 Å². The van der Waals surface area contributed by atoms with Crippen LogP contribution in [0.5, 0.6) is 0 Å². The average molecular weight is 164 g/mol. The average Bonchev–Trinajstić information content (AvgIpc) is 2.40. The van der Waals surface area contributed by atoms with Crippen LogP contribution in [0.15, 0.2) is 0 Å². The van der Waals surface area contributed by atoms with E-state index in [-0.39, 0.29) is 18.0 Å². The highest BCUT2D eigenvalue weighted by atomic mass is 35.5. The molecule has 1 aliphatic heterocycles. The molecule has 0 aromatic heterocycles. The molecule has 10 heavy (non-hydrogen) atoms. The van der Waals surface area contributed by atoms with E-state index < -0.39 is 0 Å². The van der Waals surface area contributed by atoms with Crippen molar-refractivity contribution >= 4 is 17.6 Å². The van der Waals surface area contributed by atoms with Gasteiger partial charge in [0.15, 0.2) is 0 Å². The zero-order valence-electron chi connectivity index (χ0n) is 5.60. The van der Waals surface area contributed by atoms with E-state index in [2.05, 4.69) is 5.32 Å². The molecule has 1 heterocycles. The molecule has 1 fully saturated rings. The molecule has 0 amide bonds. The summed E-state index contributed by atoms with van der Waals surface area (Å²) in [4.78, 5) is 10.6. The lowest BCUT2D eigenvalue weighted by atomic mass is 10.3. The topological polar surface area (TPSA) is 38.3 Å². The number of carbonyl (C=O) groups excluding carboxylic acids is 1. The van der Waals surface area contributed by atoms with E-state index >= 15 is 0 Å². The number of alkyl halides is 1. The number of nitrogens with one attached hydrogen (secondary N) is 1. The number of ether oxygens (including phenoxy) is 1. The number of carbonyl (C=O) groups is 1. The van der Waals surface area contributed by atoms with Crippen LogP contribution in [0.1, 0.15) is 6.42 Å². The van der Waals surface area contributed by atoms with Gasteiger partial charge >= 0.3 is 5.97 Å². The highest BCUT2D eigenvalue weighted by Crippen LogP contribution is 2.03. The number of rotatable bonds is 2. The molecule has 1 N–H and O–H groups in total. The van der Waals surface area contributed by atoms with Gasteiger partial charge in [0, 0.05) is 6.54 Å². The summed E-state index contributed by atoms with van der Waals surface area (Å²) in [6, 6.07) is 0. The smallest absolute Gasteiger partial charge is 0.321 e. The first-order chi connectivity index (χ1) is 4.83. The summed E-state index contributed by atoms with van der Waals surface area (Å²) in [5.74, 6) is -0.369. The third-order valence-electron chi connectivity index (χ3n) is 1.42. The molecule has 4 heteroatoms. The van der Waals surface area contributed by atoms with Crippen LogP contribution >= 0.6 is 11.6 Å². The van der Waals surface area contributed by atoms with Gasteiger partial charge in [-0.25, -0.2) is 0 Å². The van der Waals surface area contributed by atoms with Crippen LogP contribution in [-0.4, -0.2) is 31.0 Å². The lowest BCUT2D eigenvalue weighted by Gasteiger charge is -2.07. The third-order valence-corrected chi connectivity index (χ3v) is 1.64. The van der Waals surface area contributed by atoms with Gasteiger partial charge in [-0.2, -0.15) is 0 Å². The van der Waals surface area contributed by atoms with Crippen molar-refractivity contribution in [2.45, 2.75) is 12.5 Å². The SMILES string of the molecule is O=C(CCl)O[C@H]1CCNC1. The second kappa shape index (κ2) is 3.78. The molecule has 0 aliphatic carbocycles. The Labute approximate surface area is 64.7 Å². The van der Waals surface area contributed by atoms with Crippen LogP contribution in [0, 0.1) is 0 Å². The molecule has 1 saturated heterocycles. The molecule has 1 aliphatic rings. The van der Waals surface area contributed by atoms with Crippen LogP contribution in [0.2, 0.25) is 0 Å². The van der Waals surface area contributed by atoms with E-state index in [1.54, 1.807) is 0 Å². The van der Waals surface area contributed by atoms with Crippen LogP contribution in [-0.2, 0) is 9.53 Å². The molecule has 58 valence electrons. The standard InChI is InChI=1S/C6H10ClNO2/c7-3-6(9)10-5-1-2-8-4-5/h5,8H,1-4H2/t5-/m0/s1. The fraction of sp³-hybridized carbons (Fsp3) is 0.833. The first-order valence-corrected chi connectivity index (χ1v) is 3.82. The number of esters is 1. The number of hydrogen-bond donors (Lipinski definition) is 1. The van der Waals surface area contributed by atoms with Crippen molar-refractivity contribution in [2.24, 2.45) is 0 Å². The van der Waals surface area contributed by atoms with Gasteiger partial charge in [-0.1, -0.05) is 0 Å². The lowest BCUT2D eigenvalue weighted by Crippen LogP contribution is -2.21. The van der Waals surface area contributed by atoms with Crippen molar-refractivity contribution in [3.63, 3.8) is 0 Å². The minimum atomic E-state index is -0.324. The van der Waals surface area contributed by atoms with Crippen LogP contribution in [0.3, 0.4) is 0 Å². The summed E-state index contributed by atoms with van der Waals surface area (Å²) in [6.07, 6.45) is 0.953. The highest BCUT2D eigenvalue weighted by molar-refractivity contribution is 6.26. The highest BCUT2D eigenvalue weighted by Gasteiger charge is 2.17. The molecular weight excluding hydrogens is 154 g/mol. The molecule has 1 atom stereocenters. The van der Waals surface area contributed by atoms with Crippen LogP contribution < -0.4 is 5.32 Å². The molecule has 0 saturated carbocycles. The van der Waals surface area contributed by atoms with E-state index in [0.29, 0.717) is 0 Å². The van der Waals surface area contributed by atoms with Gasteiger partial charge in [0.2, 0.25) is 0 Å². The maximum absolute atomic E-state index is 10.6. The molecule has 0 radical (unpaired) electrons. The van der Waals surface area contributed by atoms with Crippen molar-refractivity contribution < 1.29 is 9.53 Å². The molecule has 0 bridgehead atoms. The van der Waals surface area contributed by atoms with E-state index in [9.17, 15) is 4.79 Å². The van der Waals surface area contributed by atoms with Crippen LogP contribution in [0.25, 0.3) is 0 Å². The fourth-order valence-corrected chi connectivity index (χ4v) is 1.01. The lowest BCUT2D eigenvalue weighted by molar-refractivity contribution is -0.144. The molecule has 1 rings (SSSR count). The van der Waals surface area contributed by atoms with Gasteiger partial charge in [0.25, 0.3) is 0 Å².